The second-order valence-corrected chi connectivity index (χ2v) is 4.13. The molecule has 1 atom stereocenters. The van der Waals surface area contributed by atoms with Gasteiger partial charge in [0.2, 0.25) is 5.13 Å². The predicted molar refractivity (Wildman–Crippen MR) is 54.6 cm³/mol. The summed E-state index contributed by atoms with van der Waals surface area (Å²) >= 11 is 1.36. The first kappa shape index (κ1) is 10.9. The summed E-state index contributed by atoms with van der Waals surface area (Å²) in [5, 5.41) is 20.7. The highest BCUT2D eigenvalue weighted by atomic mass is 32.1. The molecule has 0 spiro atoms. The molecule has 0 saturated carbocycles. The van der Waals surface area contributed by atoms with Crippen molar-refractivity contribution in [2.75, 3.05) is 5.32 Å². The molecule has 0 aliphatic heterocycles. The van der Waals surface area contributed by atoms with E-state index in [0.29, 0.717) is 11.6 Å². The van der Waals surface area contributed by atoms with Gasteiger partial charge in [0.1, 0.15) is 11.0 Å². The van der Waals surface area contributed by atoms with Crippen LogP contribution in [0.5, 0.6) is 0 Å². The number of aliphatic carboxylic acids is 1. The Morgan fingerprint density at radius 2 is 2.36 bits per heavy atom. The van der Waals surface area contributed by atoms with Crippen molar-refractivity contribution >= 4 is 22.4 Å². The second kappa shape index (κ2) is 4.90. The molecule has 1 aromatic rings. The molecule has 5 nitrogen and oxygen atoms in total. The molecule has 0 saturated heterocycles. The van der Waals surface area contributed by atoms with Crippen molar-refractivity contribution in [3.63, 3.8) is 0 Å². The standard InChI is InChI=1S/C8H13N3O2S/c1-3-4-6(7(12)13)9-8-11-10-5(2)14-8/h6H,3-4H2,1-2H3,(H,9,11)(H,12,13). The van der Waals surface area contributed by atoms with Crippen LogP contribution in [0.25, 0.3) is 0 Å². The zero-order chi connectivity index (χ0) is 10.6. The summed E-state index contributed by atoms with van der Waals surface area (Å²) in [7, 11) is 0. The molecule has 6 heteroatoms. The summed E-state index contributed by atoms with van der Waals surface area (Å²) in [5.74, 6) is -0.847. The van der Waals surface area contributed by atoms with Crippen LogP contribution in [0.3, 0.4) is 0 Å². The van der Waals surface area contributed by atoms with Gasteiger partial charge in [0, 0.05) is 0 Å². The molecule has 0 radical (unpaired) electrons. The first-order chi connectivity index (χ1) is 6.63. The van der Waals surface area contributed by atoms with Crippen molar-refractivity contribution in [3.8, 4) is 0 Å². The predicted octanol–water partition coefficient (Wildman–Crippen LogP) is 1.51. The quantitative estimate of drug-likeness (QED) is 0.778. The first-order valence-corrected chi connectivity index (χ1v) is 5.24. The molecule has 14 heavy (non-hydrogen) atoms. The van der Waals surface area contributed by atoms with Gasteiger partial charge >= 0.3 is 5.97 Å². The van der Waals surface area contributed by atoms with Crippen LogP contribution in [0, 0.1) is 6.92 Å². The lowest BCUT2D eigenvalue weighted by atomic mass is 10.2. The van der Waals surface area contributed by atoms with E-state index in [1.807, 2.05) is 13.8 Å². The number of hydrogen-bond donors (Lipinski definition) is 2. The van der Waals surface area contributed by atoms with Gasteiger partial charge in [-0.2, -0.15) is 0 Å². The number of nitrogens with one attached hydrogen (secondary N) is 1. The summed E-state index contributed by atoms with van der Waals surface area (Å²) < 4.78 is 0. The Labute approximate surface area is 86.2 Å². The van der Waals surface area contributed by atoms with Crippen molar-refractivity contribution < 1.29 is 9.90 Å². The van der Waals surface area contributed by atoms with Crippen LogP contribution in [0.2, 0.25) is 0 Å². The Bertz CT molecular complexity index is 313. The monoisotopic (exact) mass is 215 g/mol. The third-order valence-corrected chi connectivity index (χ3v) is 2.47. The van der Waals surface area contributed by atoms with Gasteiger partial charge in [0.15, 0.2) is 0 Å². The fourth-order valence-electron chi connectivity index (χ4n) is 1.05. The van der Waals surface area contributed by atoms with Crippen LogP contribution in [0.4, 0.5) is 5.13 Å². The van der Waals surface area contributed by atoms with Crippen molar-refractivity contribution in [2.45, 2.75) is 32.7 Å². The largest absolute Gasteiger partial charge is 0.480 e. The van der Waals surface area contributed by atoms with Crippen LogP contribution in [-0.4, -0.2) is 27.3 Å². The van der Waals surface area contributed by atoms with E-state index in [4.69, 9.17) is 5.11 Å². The lowest BCUT2D eigenvalue weighted by Crippen LogP contribution is -2.28. The molecule has 1 rings (SSSR count). The third kappa shape index (κ3) is 2.95. The highest BCUT2D eigenvalue weighted by Crippen LogP contribution is 2.16. The summed E-state index contributed by atoms with van der Waals surface area (Å²) in [6.45, 7) is 3.78. The number of aromatic nitrogens is 2. The zero-order valence-corrected chi connectivity index (χ0v) is 8.97. The molecule has 0 fully saturated rings. The number of carboxylic acid groups (broad SMARTS) is 1. The van der Waals surface area contributed by atoms with Crippen molar-refractivity contribution in [2.24, 2.45) is 0 Å². The molecular weight excluding hydrogens is 202 g/mol. The van der Waals surface area contributed by atoms with E-state index in [0.717, 1.165) is 11.4 Å². The van der Waals surface area contributed by atoms with Crippen LogP contribution in [-0.2, 0) is 4.79 Å². The number of rotatable bonds is 5. The molecule has 2 N–H and O–H groups in total. The van der Waals surface area contributed by atoms with Gasteiger partial charge in [0.25, 0.3) is 0 Å². The fraction of sp³-hybridized carbons (Fsp3) is 0.625. The van der Waals surface area contributed by atoms with E-state index in [1.54, 1.807) is 0 Å². The van der Waals surface area contributed by atoms with E-state index in [-0.39, 0.29) is 0 Å². The zero-order valence-electron chi connectivity index (χ0n) is 8.15. The molecule has 0 amide bonds. The van der Waals surface area contributed by atoms with E-state index in [1.165, 1.54) is 11.3 Å². The molecule has 1 heterocycles. The number of nitrogens with zero attached hydrogens (tertiary/aromatic N) is 2. The topological polar surface area (TPSA) is 75.1 Å². The third-order valence-electron chi connectivity index (χ3n) is 1.70. The molecule has 0 bridgehead atoms. The SMILES string of the molecule is CCCC(Nc1nnc(C)s1)C(=O)O. The Morgan fingerprint density at radius 1 is 1.64 bits per heavy atom. The lowest BCUT2D eigenvalue weighted by Gasteiger charge is -2.11. The summed E-state index contributed by atoms with van der Waals surface area (Å²) in [6.07, 6.45) is 1.41. The maximum absolute atomic E-state index is 10.8. The molecule has 1 aromatic heterocycles. The summed E-state index contributed by atoms with van der Waals surface area (Å²) in [4.78, 5) is 10.8. The number of hydrogen-bond acceptors (Lipinski definition) is 5. The molecule has 1 unspecified atom stereocenters. The van der Waals surface area contributed by atoms with Gasteiger partial charge < -0.3 is 10.4 Å². The van der Waals surface area contributed by atoms with E-state index < -0.39 is 12.0 Å². The molecular formula is C8H13N3O2S. The average molecular weight is 215 g/mol. The number of anilines is 1. The van der Waals surface area contributed by atoms with Gasteiger partial charge in [-0.15, -0.1) is 10.2 Å². The molecule has 0 aromatic carbocycles. The highest BCUT2D eigenvalue weighted by Gasteiger charge is 2.17. The minimum Gasteiger partial charge on any atom is -0.480 e. The first-order valence-electron chi connectivity index (χ1n) is 4.43. The summed E-state index contributed by atoms with van der Waals surface area (Å²) in [5.41, 5.74) is 0. The van der Waals surface area contributed by atoms with Crippen molar-refractivity contribution in [1.82, 2.24) is 10.2 Å². The van der Waals surface area contributed by atoms with Gasteiger partial charge in [-0.25, -0.2) is 4.79 Å². The van der Waals surface area contributed by atoms with Crippen LogP contribution >= 0.6 is 11.3 Å². The Balaban J connectivity index is 2.59. The minimum absolute atomic E-state index is 0.563. The molecule has 78 valence electrons. The number of carbonyl (C=O) groups is 1. The van der Waals surface area contributed by atoms with Gasteiger partial charge in [-0.3, -0.25) is 0 Å². The normalized spacial score (nSPS) is 12.4. The van der Waals surface area contributed by atoms with Gasteiger partial charge in [0.05, 0.1) is 0 Å². The molecule has 0 aliphatic rings. The summed E-state index contributed by atoms with van der Waals surface area (Å²) in [6, 6.07) is -0.563. The minimum atomic E-state index is -0.847. The van der Waals surface area contributed by atoms with Crippen molar-refractivity contribution in [1.29, 1.82) is 0 Å². The maximum Gasteiger partial charge on any atom is 0.326 e. The van der Waals surface area contributed by atoms with E-state index >= 15 is 0 Å². The Kier molecular flexibility index (Phi) is 3.82. The number of aryl methyl sites for hydroxylation is 1. The Hall–Kier alpha value is -1.17. The van der Waals surface area contributed by atoms with Gasteiger partial charge in [-0.1, -0.05) is 24.7 Å². The van der Waals surface area contributed by atoms with Crippen LogP contribution in [0.1, 0.15) is 24.8 Å². The van der Waals surface area contributed by atoms with Crippen molar-refractivity contribution in [3.05, 3.63) is 5.01 Å². The van der Waals surface area contributed by atoms with E-state index in [2.05, 4.69) is 15.5 Å². The average Bonchev–Trinajstić information content (AvgIpc) is 2.50. The lowest BCUT2D eigenvalue weighted by molar-refractivity contribution is -0.138. The second-order valence-electron chi connectivity index (χ2n) is 2.95. The molecule has 0 aliphatic carbocycles. The van der Waals surface area contributed by atoms with Gasteiger partial charge in [-0.05, 0) is 13.3 Å². The maximum atomic E-state index is 10.8. The number of carboxylic acids is 1. The fourth-order valence-corrected chi connectivity index (χ4v) is 1.69. The van der Waals surface area contributed by atoms with E-state index in [9.17, 15) is 4.79 Å². The van der Waals surface area contributed by atoms with Crippen LogP contribution < -0.4 is 5.32 Å². The van der Waals surface area contributed by atoms with Crippen LogP contribution in [0.15, 0.2) is 0 Å². The smallest absolute Gasteiger partial charge is 0.326 e. The Morgan fingerprint density at radius 3 is 2.79 bits per heavy atom. The highest BCUT2D eigenvalue weighted by molar-refractivity contribution is 7.15.